The van der Waals surface area contributed by atoms with Crippen LogP contribution in [0.15, 0.2) is 0 Å². The summed E-state index contributed by atoms with van der Waals surface area (Å²) in [5, 5.41) is 7.16. The molecule has 1 atom stereocenters. The number of nitrogens with two attached hydrogens (primary N) is 1. The molecule has 1 aromatic rings. The summed E-state index contributed by atoms with van der Waals surface area (Å²) in [6, 6.07) is -0.430. The van der Waals surface area contributed by atoms with Crippen LogP contribution in [0.5, 0.6) is 0 Å². The van der Waals surface area contributed by atoms with E-state index in [2.05, 4.69) is 10.3 Å². The maximum Gasteiger partial charge on any atom is 0.434 e. The summed E-state index contributed by atoms with van der Waals surface area (Å²) in [5.41, 5.74) is 4.36. The van der Waals surface area contributed by atoms with Gasteiger partial charge in [-0.15, -0.1) is 5.10 Å². The Morgan fingerprint density at radius 2 is 2.11 bits per heavy atom. The van der Waals surface area contributed by atoms with Crippen molar-refractivity contribution in [3.8, 4) is 0 Å². The van der Waals surface area contributed by atoms with Crippen LogP contribution in [-0.2, 0) is 17.3 Å². The van der Waals surface area contributed by atoms with Crippen LogP contribution >= 0.6 is 0 Å². The van der Waals surface area contributed by atoms with Gasteiger partial charge in [0.1, 0.15) is 0 Å². The average Bonchev–Trinajstić information content (AvgIpc) is 2.70. The maximum absolute atomic E-state index is 13.0. The quantitative estimate of drug-likeness (QED) is 0.845. The summed E-state index contributed by atoms with van der Waals surface area (Å²) < 4.78 is 44.7. The molecule has 1 aromatic heterocycles. The number of alkyl halides is 3. The molecule has 0 amide bonds. The van der Waals surface area contributed by atoms with Gasteiger partial charge in [0.2, 0.25) is 0 Å². The zero-order chi connectivity index (χ0) is 13.8. The Morgan fingerprint density at radius 1 is 1.44 bits per heavy atom. The Hall–Kier alpha value is -1.15. The lowest BCUT2D eigenvalue weighted by Crippen LogP contribution is -2.21. The monoisotopic (exact) mass is 266 g/mol. The van der Waals surface area contributed by atoms with E-state index in [1.54, 1.807) is 6.92 Å². The molecule has 0 saturated heterocycles. The third kappa shape index (κ3) is 3.42. The van der Waals surface area contributed by atoms with Crippen LogP contribution in [0.2, 0.25) is 0 Å². The smallest absolute Gasteiger partial charge is 0.385 e. The predicted octanol–water partition coefficient (Wildman–Crippen LogP) is 1.40. The van der Waals surface area contributed by atoms with Gasteiger partial charge in [-0.05, 0) is 19.9 Å². The van der Waals surface area contributed by atoms with Gasteiger partial charge in [0, 0.05) is 20.1 Å². The predicted molar refractivity (Wildman–Crippen MR) is 59.0 cm³/mol. The molecule has 0 radical (unpaired) electrons. The normalized spacial score (nSPS) is 13.9. The summed E-state index contributed by atoms with van der Waals surface area (Å²) in [4.78, 5) is 0. The molecule has 2 N–H and O–H groups in total. The Morgan fingerprint density at radius 3 is 2.61 bits per heavy atom. The Balaban J connectivity index is 3.04. The number of nitrogens with zero attached hydrogens (tertiary/aromatic N) is 3. The molecular weight excluding hydrogens is 249 g/mol. The lowest BCUT2D eigenvalue weighted by atomic mass is 10.2. The fraction of sp³-hybridized carbons (Fsp3) is 0.800. The molecule has 0 aliphatic carbocycles. The van der Waals surface area contributed by atoms with Crippen LogP contribution in [0.3, 0.4) is 0 Å². The molecule has 5 nitrogen and oxygen atoms in total. The van der Waals surface area contributed by atoms with Gasteiger partial charge in [-0.2, -0.15) is 13.2 Å². The molecule has 0 bridgehead atoms. The van der Waals surface area contributed by atoms with E-state index in [9.17, 15) is 13.2 Å². The number of hydrogen-bond acceptors (Lipinski definition) is 4. The Bertz CT molecular complexity index is 378. The van der Waals surface area contributed by atoms with Crippen molar-refractivity contribution < 1.29 is 17.9 Å². The van der Waals surface area contributed by atoms with Gasteiger partial charge in [0.25, 0.3) is 0 Å². The largest absolute Gasteiger partial charge is 0.434 e. The second-order valence-corrected chi connectivity index (χ2v) is 4.00. The molecule has 0 aliphatic heterocycles. The lowest BCUT2D eigenvalue weighted by molar-refractivity contribution is -0.145. The van der Waals surface area contributed by atoms with Crippen LogP contribution in [0.25, 0.3) is 0 Å². The van der Waals surface area contributed by atoms with E-state index >= 15 is 0 Å². The first-order valence-electron chi connectivity index (χ1n) is 5.62. The van der Waals surface area contributed by atoms with Crippen molar-refractivity contribution in [3.05, 3.63) is 11.4 Å². The Kier molecular flexibility index (Phi) is 5.09. The molecule has 18 heavy (non-hydrogen) atoms. The van der Waals surface area contributed by atoms with E-state index in [4.69, 9.17) is 10.5 Å². The van der Waals surface area contributed by atoms with Crippen LogP contribution < -0.4 is 5.73 Å². The van der Waals surface area contributed by atoms with Crippen molar-refractivity contribution in [1.82, 2.24) is 15.0 Å². The second kappa shape index (κ2) is 6.14. The van der Waals surface area contributed by atoms with Gasteiger partial charge < -0.3 is 10.5 Å². The van der Waals surface area contributed by atoms with Gasteiger partial charge in [0.05, 0.1) is 11.7 Å². The molecule has 0 fully saturated rings. The van der Waals surface area contributed by atoms with E-state index in [-0.39, 0.29) is 18.7 Å². The van der Waals surface area contributed by atoms with Crippen LogP contribution in [0, 0.1) is 0 Å². The minimum Gasteiger partial charge on any atom is -0.385 e. The third-order valence-corrected chi connectivity index (χ3v) is 2.57. The highest BCUT2D eigenvalue weighted by Gasteiger charge is 2.39. The van der Waals surface area contributed by atoms with E-state index < -0.39 is 17.9 Å². The molecule has 8 heteroatoms. The molecular formula is C10H17F3N4O. The van der Waals surface area contributed by atoms with Crippen molar-refractivity contribution in [2.75, 3.05) is 20.3 Å². The SMILES string of the molecule is COCCC(C)n1nnc(CCN)c1C(F)(F)F. The van der Waals surface area contributed by atoms with Crippen molar-refractivity contribution in [2.45, 2.75) is 32.0 Å². The topological polar surface area (TPSA) is 66.0 Å². The van der Waals surface area contributed by atoms with Gasteiger partial charge in [0.15, 0.2) is 5.69 Å². The number of aromatic nitrogens is 3. The third-order valence-electron chi connectivity index (χ3n) is 2.57. The highest BCUT2D eigenvalue weighted by molar-refractivity contribution is 5.15. The van der Waals surface area contributed by atoms with Crippen molar-refractivity contribution in [3.63, 3.8) is 0 Å². The molecule has 0 spiro atoms. The maximum atomic E-state index is 13.0. The number of halogens is 3. The summed E-state index contributed by atoms with van der Waals surface area (Å²) in [6.45, 7) is 2.12. The van der Waals surface area contributed by atoms with Gasteiger partial charge in [-0.1, -0.05) is 5.21 Å². The summed E-state index contributed by atoms with van der Waals surface area (Å²) >= 11 is 0. The lowest BCUT2D eigenvalue weighted by Gasteiger charge is -2.16. The Labute approximate surface area is 103 Å². The molecule has 0 aromatic carbocycles. The number of rotatable bonds is 6. The van der Waals surface area contributed by atoms with Gasteiger partial charge in [-0.3, -0.25) is 0 Å². The fourth-order valence-electron chi connectivity index (χ4n) is 1.64. The average molecular weight is 266 g/mol. The summed E-state index contributed by atoms with van der Waals surface area (Å²) in [7, 11) is 1.50. The molecule has 0 saturated carbocycles. The summed E-state index contributed by atoms with van der Waals surface area (Å²) in [5.74, 6) is 0. The fourth-order valence-corrected chi connectivity index (χ4v) is 1.64. The first kappa shape index (κ1) is 14.9. The summed E-state index contributed by atoms with van der Waals surface area (Å²) in [6.07, 6.45) is -3.98. The van der Waals surface area contributed by atoms with E-state index in [0.29, 0.717) is 13.0 Å². The number of methoxy groups -OCH3 is 1. The molecule has 104 valence electrons. The van der Waals surface area contributed by atoms with Crippen molar-refractivity contribution in [2.24, 2.45) is 5.73 Å². The number of ether oxygens (including phenoxy) is 1. The molecule has 0 aliphatic rings. The van der Waals surface area contributed by atoms with Crippen LogP contribution in [0.1, 0.15) is 30.8 Å². The zero-order valence-electron chi connectivity index (χ0n) is 10.4. The highest BCUT2D eigenvalue weighted by Crippen LogP contribution is 2.33. The van der Waals surface area contributed by atoms with Gasteiger partial charge in [-0.25, -0.2) is 4.68 Å². The molecule has 1 rings (SSSR count). The van der Waals surface area contributed by atoms with Gasteiger partial charge >= 0.3 is 6.18 Å². The van der Waals surface area contributed by atoms with Crippen LogP contribution in [0.4, 0.5) is 13.2 Å². The number of hydrogen-bond donors (Lipinski definition) is 1. The molecule has 1 heterocycles. The second-order valence-electron chi connectivity index (χ2n) is 4.00. The highest BCUT2D eigenvalue weighted by atomic mass is 19.4. The first-order valence-corrected chi connectivity index (χ1v) is 5.62. The van der Waals surface area contributed by atoms with Crippen LogP contribution in [-0.4, -0.2) is 35.3 Å². The standard InChI is InChI=1S/C10H17F3N4O/c1-7(4-6-18-2)17-9(10(11,12)13)8(3-5-14)15-16-17/h7H,3-6,14H2,1-2H3. The minimum atomic E-state index is -4.48. The van der Waals surface area contributed by atoms with E-state index in [1.165, 1.54) is 7.11 Å². The first-order chi connectivity index (χ1) is 8.41. The van der Waals surface area contributed by atoms with E-state index in [1.807, 2.05) is 0 Å². The zero-order valence-corrected chi connectivity index (χ0v) is 10.4. The van der Waals surface area contributed by atoms with Crippen molar-refractivity contribution in [1.29, 1.82) is 0 Å². The van der Waals surface area contributed by atoms with E-state index in [0.717, 1.165) is 4.68 Å². The molecule has 1 unspecified atom stereocenters. The minimum absolute atomic E-state index is 0.0614. The van der Waals surface area contributed by atoms with Crippen molar-refractivity contribution >= 4 is 0 Å².